The van der Waals surface area contributed by atoms with Crippen LogP contribution in [-0.2, 0) is 9.59 Å². The summed E-state index contributed by atoms with van der Waals surface area (Å²) < 4.78 is 0.823. The highest BCUT2D eigenvalue weighted by atomic mass is 79.9. The normalized spacial score (nSPS) is 11.7. The molecule has 0 aliphatic carbocycles. The Morgan fingerprint density at radius 3 is 2.19 bits per heavy atom. The smallest absolute Gasteiger partial charge is 0.335 e. The van der Waals surface area contributed by atoms with Gasteiger partial charge in [0, 0.05) is 26.3 Å². The lowest BCUT2D eigenvalue weighted by atomic mass is 10.1. The molecule has 1 unspecified atom stereocenters. The number of anilines is 2. The van der Waals surface area contributed by atoms with Gasteiger partial charge in [-0.1, -0.05) is 65.3 Å². The molecule has 3 amide bonds. The number of halogens is 1. The van der Waals surface area contributed by atoms with Gasteiger partial charge in [0.25, 0.3) is 11.8 Å². The first kappa shape index (κ1) is 31.3. The minimum Gasteiger partial charge on any atom is -0.478 e. The standard InChI is InChI=1S/C33H28BrN3O5S/c1-2-29(32(40)36-25-14-7-12-23(19-25)33(41)42)43-27-16-8-15-26(20-27)35-31(39)28(18-21-9-6-13-24(34)17-21)37-30(38)22-10-4-3-5-11-22/h3-20,29H,2H2,1H3,(H,35,39)(H,36,40)(H,37,38)(H,41,42)/b28-18+. The lowest BCUT2D eigenvalue weighted by Crippen LogP contribution is -2.30. The Labute approximate surface area is 261 Å². The molecule has 8 nitrogen and oxygen atoms in total. The summed E-state index contributed by atoms with van der Waals surface area (Å²) in [5, 5.41) is 17.1. The minimum absolute atomic E-state index is 0.0550. The van der Waals surface area contributed by atoms with Gasteiger partial charge in [-0.15, -0.1) is 11.8 Å². The molecular formula is C33H28BrN3O5S. The molecule has 0 saturated carbocycles. The number of carbonyl (C=O) groups is 4. The second-order valence-electron chi connectivity index (χ2n) is 9.31. The van der Waals surface area contributed by atoms with Crippen LogP contribution in [0.3, 0.4) is 0 Å². The van der Waals surface area contributed by atoms with Crippen LogP contribution in [0, 0.1) is 0 Å². The Kier molecular flexibility index (Phi) is 10.9. The zero-order chi connectivity index (χ0) is 30.8. The Hall–Kier alpha value is -4.67. The molecule has 0 bridgehead atoms. The van der Waals surface area contributed by atoms with Gasteiger partial charge >= 0.3 is 5.97 Å². The molecule has 0 fully saturated rings. The third-order valence-corrected chi connectivity index (χ3v) is 7.95. The molecule has 0 radical (unpaired) electrons. The van der Waals surface area contributed by atoms with E-state index in [0.29, 0.717) is 28.9 Å². The average molecular weight is 659 g/mol. The van der Waals surface area contributed by atoms with E-state index < -0.39 is 23.0 Å². The van der Waals surface area contributed by atoms with Gasteiger partial charge in [0.15, 0.2) is 0 Å². The van der Waals surface area contributed by atoms with Crippen LogP contribution >= 0.6 is 27.7 Å². The number of rotatable bonds is 11. The first-order valence-corrected chi connectivity index (χ1v) is 14.9. The van der Waals surface area contributed by atoms with Crippen molar-refractivity contribution in [2.75, 3.05) is 10.6 Å². The van der Waals surface area contributed by atoms with Crippen LogP contribution in [-0.4, -0.2) is 34.0 Å². The molecule has 0 aliphatic heterocycles. The maximum Gasteiger partial charge on any atom is 0.335 e. The molecule has 218 valence electrons. The molecule has 4 N–H and O–H groups in total. The Morgan fingerprint density at radius 2 is 1.49 bits per heavy atom. The number of thioether (sulfide) groups is 1. The number of benzene rings is 4. The van der Waals surface area contributed by atoms with Crippen molar-refractivity contribution >= 4 is 68.8 Å². The molecule has 0 aromatic heterocycles. The molecule has 1 atom stereocenters. The highest BCUT2D eigenvalue weighted by Crippen LogP contribution is 2.29. The van der Waals surface area contributed by atoms with E-state index in [4.69, 9.17) is 0 Å². The molecule has 43 heavy (non-hydrogen) atoms. The van der Waals surface area contributed by atoms with Crippen LogP contribution < -0.4 is 16.0 Å². The van der Waals surface area contributed by atoms with Crippen LogP contribution in [0.15, 0.2) is 118 Å². The molecule has 4 aromatic carbocycles. The number of carboxylic acids is 1. The van der Waals surface area contributed by atoms with Gasteiger partial charge in [0.2, 0.25) is 5.91 Å². The third-order valence-electron chi connectivity index (χ3n) is 6.10. The maximum absolute atomic E-state index is 13.4. The van der Waals surface area contributed by atoms with Crippen LogP contribution in [0.1, 0.15) is 39.6 Å². The molecule has 0 aliphatic rings. The highest BCUT2D eigenvalue weighted by molar-refractivity contribution is 9.10. The minimum atomic E-state index is -1.08. The van der Waals surface area contributed by atoms with Crippen molar-refractivity contribution in [1.82, 2.24) is 5.32 Å². The summed E-state index contributed by atoms with van der Waals surface area (Å²) in [7, 11) is 0. The zero-order valence-electron chi connectivity index (χ0n) is 23.0. The lowest BCUT2D eigenvalue weighted by molar-refractivity contribution is -0.116. The number of hydrogen-bond acceptors (Lipinski definition) is 5. The predicted octanol–water partition coefficient (Wildman–Crippen LogP) is 7.07. The molecule has 0 spiro atoms. The number of amides is 3. The first-order chi connectivity index (χ1) is 20.7. The highest BCUT2D eigenvalue weighted by Gasteiger charge is 2.20. The van der Waals surface area contributed by atoms with E-state index in [1.165, 1.54) is 23.9 Å². The molecule has 4 rings (SSSR count). The summed E-state index contributed by atoms with van der Waals surface area (Å²) in [4.78, 5) is 51.3. The number of aromatic carboxylic acids is 1. The van der Waals surface area contributed by atoms with E-state index in [1.54, 1.807) is 66.7 Å². The monoisotopic (exact) mass is 657 g/mol. The van der Waals surface area contributed by atoms with Crippen LogP contribution in [0.25, 0.3) is 6.08 Å². The largest absolute Gasteiger partial charge is 0.478 e. The summed E-state index contributed by atoms with van der Waals surface area (Å²) >= 11 is 4.75. The average Bonchev–Trinajstić information content (AvgIpc) is 3.00. The Morgan fingerprint density at radius 1 is 0.814 bits per heavy atom. The van der Waals surface area contributed by atoms with Gasteiger partial charge < -0.3 is 21.1 Å². The number of hydrogen-bond donors (Lipinski definition) is 4. The van der Waals surface area contributed by atoms with Crippen LogP contribution in [0.2, 0.25) is 0 Å². The second-order valence-corrected chi connectivity index (χ2v) is 11.5. The number of carboxylic acid groups (broad SMARTS) is 1. The van der Waals surface area contributed by atoms with Crippen LogP contribution in [0.4, 0.5) is 11.4 Å². The second kappa shape index (κ2) is 15.0. The summed E-state index contributed by atoms with van der Waals surface area (Å²) in [6, 6.07) is 29.1. The summed E-state index contributed by atoms with van der Waals surface area (Å²) in [6.45, 7) is 1.88. The van der Waals surface area contributed by atoms with Crippen molar-refractivity contribution in [1.29, 1.82) is 0 Å². The summed E-state index contributed by atoms with van der Waals surface area (Å²) in [5.74, 6) is -2.29. The number of carbonyl (C=O) groups excluding carboxylic acids is 3. The van der Waals surface area contributed by atoms with Crippen molar-refractivity contribution in [3.63, 3.8) is 0 Å². The van der Waals surface area contributed by atoms with Crippen molar-refractivity contribution in [3.8, 4) is 0 Å². The van der Waals surface area contributed by atoms with E-state index in [0.717, 1.165) is 9.37 Å². The van der Waals surface area contributed by atoms with E-state index in [9.17, 15) is 24.3 Å². The van der Waals surface area contributed by atoms with E-state index in [2.05, 4.69) is 31.9 Å². The summed E-state index contributed by atoms with van der Waals surface area (Å²) in [6.07, 6.45) is 2.10. The quantitative estimate of drug-likeness (QED) is 0.101. The van der Waals surface area contributed by atoms with Gasteiger partial charge in [-0.25, -0.2) is 4.79 Å². The molecule has 0 heterocycles. The van der Waals surface area contributed by atoms with Gasteiger partial charge in [-0.2, -0.15) is 0 Å². The van der Waals surface area contributed by atoms with Gasteiger partial charge in [0.05, 0.1) is 10.8 Å². The summed E-state index contributed by atoms with van der Waals surface area (Å²) in [5.41, 5.74) is 2.13. The van der Waals surface area contributed by atoms with Gasteiger partial charge in [-0.3, -0.25) is 14.4 Å². The molecule has 0 saturated heterocycles. The van der Waals surface area contributed by atoms with Crippen molar-refractivity contribution in [2.24, 2.45) is 0 Å². The van der Waals surface area contributed by atoms with Gasteiger partial charge in [0.1, 0.15) is 5.70 Å². The van der Waals surface area contributed by atoms with E-state index in [1.807, 2.05) is 37.3 Å². The van der Waals surface area contributed by atoms with Gasteiger partial charge in [-0.05, 0) is 78.7 Å². The lowest BCUT2D eigenvalue weighted by Gasteiger charge is -2.16. The Bertz CT molecular complexity index is 1680. The Balaban J connectivity index is 1.49. The maximum atomic E-state index is 13.4. The fourth-order valence-electron chi connectivity index (χ4n) is 3.99. The molecular weight excluding hydrogens is 630 g/mol. The fourth-order valence-corrected chi connectivity index (χ4v) is 5.42. The van der Waals surface area contributed by atoms with E-state index in [-0.39, 0.29) is 17.2 Å². The third kappa shape index (κ3) is 9.16. The van der Waals surface area contributed by atoms with Crippen molar-refractivity contribution in [3.05, 3.63) is 130 Å². The SMILES string of the molecule is CCC(Sc1cccc(NC(=O)/C(=C\c2cccc(Br)c2)NC(=O)c2ccccc2)c1)C(=O)Nc1cccc(C(=O)O)c1. The van der Waals surface area contributed by atoms with Crippen molar-refractivity contribution < 1.29 is 24.3 Å². The zero-order valence-corrected chi connectivity index (χ0v) is 25.4. The van der Waals surface area contributed by atoms with Crippen LogP contribution in [0.5, 0.6) is 0 Å². The predicted molar refractivity (Wildman–Crippen MR) is 173 cm³/mol. The van der Waals surface area contributed by atoms with Crippen molar-refractivity contribution in [2.45, 2.75) is 23.5 Å². The topological polar surface area (TPSA) is 125 Å². The fraction of sp³-hybridized carbons (Fsp3) is 0.0909. The number of nitrogens with one attached hydrogen (secondary N) is 3. The first-order valence-electron chi connectivity index (χ1n) is 13.3. The molecule has 4 aromatic rings. The van der Waals surface area contributed by atoms with E-state index >= 15 is 0 Å². The molecule has 10 heteroatoms.